The quantitative estimate of drug-likeness (QED) is 0.256. The fraction of sp³-hybridized carbons (Fsp3) is 0.625. The zero-order valence-electron chi connectivity index (χ0n) is 25.9. The fourth-order valence-electron chi connectivity index (χ4n) is 8.07. The smallest absolute Gasteiger partial charge is 0.455 e. The molecule has 1 saturated heterocycles. The van der Waals surface area contributed by atoms with E-state index in [1.807, 2.05) is 0 Å². The normalized spacial score (nSPS) is 40.7. The molecule has 44 heavy (non-hydrogen) atoms. The minimum atomic E-state index is -2.19. The number of carbonyl (C=O) groups excluding carboxylic acids is 4. The number of aliphatic hydroxyl groups excluding tert-OH is 1. The second kappa shape index (κ2) is 10.4. The number of carbonyl (C=O) groups is 4. The van der Waals surface area contributed by atoms with Crippen LogP contribution in [0.25, 0.3) is 0 Å². The van der Waals surface area contributed by atoms with E-state index >= 15 is 0 Å². The molecule has 3 aliphatic carbocycles. The van der Waals surface area contributed by atoms with Gasteiger partial charge in [-0.2, -0.15) is 0 Å². The first-order valence-corrected chi connectivity index (χ1v) is 14.6. The van der Waals surface area contributed by atoms with Gasteiger partial charge in [0.25, 0.3) is 0 Å². The van der Waals surface area contributed by atoms with E-state index in [1.165, 1.54) is 26.0 Å². The second-order valence-electron chi connectivity index (χ2n) is 13.4. The van der Waals surface area contributed by atoms with E-state index in [-0.39, 0.29) is 29.7 Å². The average Bonchev–Trinajstić information content (AvgIpc) is 2.94. The first-order chi connectivity index (χ1) is 20.4. The third kappa shape index (κ3) is 4.33. The first kappa shape index (κ1) is 32.1. The number of rotatable bonds is 4. The Labute approximate surface area is 255 Å². The minimum absolute atomic E-state index is 0.124. The van der Waals surface area contributed by atoms with Gasteiger partial charge < -0.3 is 39.0 Å². The van der Waals surface area contributed by atoms with Crippen LogP contribution < -0.4 is 0 Å². The van der Waals surface area contributed by atoms with E-state index in [0.29, 0.717) is 0 Å². The molecular formula is C32H40O12. The Hall–Kier alpha value is -3.32. The van der Waals surface area contributed by atoms with E-state index in [4.69, 9.17) is 23.7 Å². The minimum Gasteiger partial charge on any atom is -0.455 e. The van der Waals surface area contributed by atoms with Crippen LogP contribution in [0, 0.1) is 16.7 Å². The standard InChI is InChI=1S/C32H40O12/c1-16-21-22(42-17(2)33)24(35)30(6)19(34)13-20-31(15-41-20,44-27(37)40-7)23(30)25(43-26(36)18-11-9-8-10-12-18)32(39,28(21,3)4)14-29(16,5)38/h8-12,19-20,22-23,25,34,38-39H,13-15H2,1-7H3/t19?,20-,22-,23?,25?,29+,30-,31+,32-/m1/s1. The molecule has 1 aromatic rings. The number of benzene rings is 1. The maximum Gasteiger partial charge on any atom is 0.508 e. The number of methoxy groups -OCH3 is 1. The van der Waals surface area contributed by atoms with Crippen LogP contribution in [0.5, 0.6) is 0 Å². The largest absolute Gasteiger partial charge is 0.508 e. The second-order valence-corrected chi connectivity index (χ2v) is 13.4. The fourth-order valence-corrected chi connectivity index (χ4v) is 8.07. The SMILES string of the molecule is COC(=O)O[C@@]12CO[C@@H]1CC(O)[C@@]1(C)C(=O)[C@H](OC(C)=O)C3=C(C)[C@@](C)(O)C[C@@](O)(C(OC(=O)c4ccccc4)C12)C3(C)C. The van der Waals surface area contributed by atoms with Crippen molar-refractivity contribution in [1.82, 2.24) is 0 Å². The molecular weight excluding hydrogens is 576 g/mol. The lowest BCUT2D eigenvalue weighted by Gasteiger charge is -2.67. The molecule has 3 unspecified atom stereocenters. The number of fused-ring (bicyclic) bond motifs is 5. The summed E-state index contributed by atoms with van der Waals surface area (Å²) in [6.07, 6.45) is -7.46. The molecule has 0 spiro atoms. The van der Waals surface area contributed by atoms with Crippen molar-refractivity contribution in [3.05, 3.63) is 47.0 Å². The molecule has 1 aliphatic heterocycles. The molecule has 9 atom stereocenters. The lowest BCUT2D eigenvalue weighted by Crippen LogP contribution is -2.82. The lowest BCUT2D eigenvalue weighted by atomic mass is 9.44. The first-order valence-electron chi connectivity index (χ1n) is 14.6. The van der Waals surface area contributed by atoms with E-state index in [1.54, 1.807) is 39.0 Å². The predicted octanol–water partition coefficient (Wildman–Crippen LogP) is 2.26. The molecule has 2 bridgehead atoms. The molecule has 3 N–H and O–H groups in total. The van der Waals surface area contributed by atoms with Gasteiger partial charge in [-0.25, -0.2) is 9.59 Å². The van der Waals surface area contributed by atoms with E-state index < -0.39 is 88.3 Å². The van der Waals surface area contributed by atoms with Crippen molar-refractivity contribution < 1.29 is 58.2 Å². The topological polar surface area (TPSA) is 175 Å². The van der Waals surface area contributed by atoms with Crippen LogP contribution in [0.4, 0.5) is 4.79 Å². The number of ether oxygens (including phenoxy) is 5. The van der Waals surface area contributed by atoms with Gasteiger partial charge >= 0.3 is 18.1 Å². The van der Waals surface area contributed by atoms with Crippen molar-refractivity contribution >= 4 is 23.9 Å². The zero-order chi connectivity index (χ0) is 32.6. The van der Waals surface area contributed by atoms with Gasteiger partial charge in [0.05, 0.1) is 42.3 Å². The Morgan fingerprint density at radius 3 is 2.20 bits per heavy atom. The Balaban J connectivity index is 1.86. The maximum atomic E-state index is 14.9. The molecule has 0 radical (unpaired) electrons. The number of hydrogen-bond donors (Lipinski definition) is 3. The van der Waals surface area contributed by atoms with Crippen molar-refractivity contribution in [2.75, 3.05) is 13.7 Å². The molecule has 3 fully saturated rings. The van der Waals surface area contributed by atoms with Crippen molar-refractivity contribution in [2.45, 2.75) is 95.6 Å². The molecule has 5 rings (SSSR count). The van der Waals surface area contributed by atoms with Crippen LogP contribution in [-0.2, 0) is 33.3 Å². The Morgan fingerprint density at radius 2 is 1.66 bits per heavy atom. The van der Waals surface area contributed by atoms with E-state index in [0.717, 1.165) is 14.0 Å². The van der Waals surface area contributed by atoms with Gasteiger partial charge in [-0.15, -0.1) is 0 Å². The molecule has 1 aromatic carbocycles. The van der Waals surface area contributed by atoms with Crippen LogP contribution >= 0.6 is 0 Å². The van der Waals surface area contributed by atoms with Crippen LogP contribution in [-0.4, -0.2) is 94.1 Å². The van der Waals surface area contributed by atoms with Gasteiger partial charge in [0.2, 0.25) is 0 Å². The molecule has 2 saturated carbocycles. The predicted molar refractivity (Wildman–Crippen MR) is 151 cm³/mol. The van der Waals surface area contributed by atoms with Gasteiger partial charge in [0, 0.05) is 25.2 Å². The van der Waals surface area contributed by atoms with Crippen molar-refractivity contribution in [2.24, 2.45) is 16.7 Å². The molecule has 0 amide bonds. The number of Topliss-reactive ketones (excluding diaryl/α,β-unsaturated/α-hetero) is 1. The summed E-state index contributed by atoms with van der Waals surface area (Å²) in [6.45, 7) is 8.52. The van der Waals surface area contributed by atoms with Gasteiger partial charge in [0.15, 0.2) is 17.5 Å². The summed E-state index contributed by atoms with van der Waals surface area (Å²) in [5, 5.41) is 36.6. The zero-order valence-corrected chi connectivity index (χ0v) is 25.9. The summed E-state index contributed by atoms with van der Waals surface area (Å²) in [4.78, 5) is 54.0. The molecule has 240 valence electrons. The highest BCUT2D eigenvalue weighted by atomic mass is 16.8. The molecule has 0 aromatic heterocycles. The maximum absolute atomic E-state index is 14.9. The highest BCUT2D eigenvalue weighted by molar-refractivity contribution is 5.95. The molecule has 12 nitrogen and oxygen atoms in total. The number of hydrogen-bond acceptors (Lipinski definition) is 12. The highest BCUT2D eigenvalue weighted by Crippen LogP contribution is 2.65. The summed E-state index contributed by atoms with van der Waals surface area (Å²) >= 11 is 0. The molecule has 1 heterocycles. The summed E-state index contributed by atoms with van der Waals surface area (Å²) < 4.78 is 28.4. The average molecular weight is 617 g/mol. The van der Waals surface area contributed by atoms with Crippen molar-refractivity contribution in [1.29, 1.82) is 0 Å². The monoisotopic (exact) mass is 616 g/mol. The third-order valence-corrected chi connectivity index (χ3v) is 10.7. The van der Waals surface area contributed by atoms with E-state index in [9.17, 15) is 34.5 Å². The van der Waals surface area contributed by atoms with Gasteiger partial charge in [-0.1, -0.05) is 32.0 Å². The Morgan fingerprint density at radius 1 is 1.02 bits per heavy atom. The summed E-state index contributed by atoms with van der Waals surface area (Å²) in [5.41, 5.74) is -8.59. The van der Waals surface area contributed by atoms with Crippen molar-refractivity contribution in [3.63, 3.8) is 0 Å². The Bertz CT molecular complexity index is 1420. The lowest BCUT2D eigenvalue weighted by molar-refractivity contribution is -0.345. The third-order valence-electron chi connectivity index (χ3n) is 10.7. The summed E-state index contributed by atoms with van der Waals surface area (Å²) in [6, 6.07) is 7.99. The number of ketones is 1. The van der Waals surface area contributed by atoms with Crippen LogP contribution in [0.1, 0.15) is 64.7 Å². The van der Waals surface area contributed by atoms with Crippen molar-refractivity contribution in [3.8, 4) is 0 Å². The van der Waals surface area contributed by atoms with Crippen LogP contribution in [0.15, 0.2) is 41.5 Å². The van der Waals surface area contributed by atoms with Gasteiger partial charge in [-0.3, -0.25) is 9.59 Å². The highest BCUT2D eigenvalue weighted by Gasteiger charge is 2.79. The number of esters is 2. The van der Waals surface area contributed by atoms with Crippen LogP contribution in [0.2, 0.25) is 0 Å². The molecule has 12 heteroatoms. The number of aliphatic hydroxyl groups is 3. The molecule has 4 aliphatic rings. The van der Waals surface area contributed by atoms with Gasteiger partial charge in [0.1, 0.15) is 17.8 Å². The summed E-state index contributed by atoms with van der Waals surface area (Å²) in [5.74, 6) is -3.90. The van der Waals surface area contributed by atoms with Gasteiger partial charge in [-0.05, 0) is 44.1 Å². The van der Waals surface area contributed by atoms with Crippen LogP contribution in [0.3, 0.4) is 0 Å². The Kier molecular flexibility index (Phi) is 7.56. The summed E-state index contributed by atoms with van der Waals surface area (Å²) in [7, 11) is 1.10. The van der Waals surface area contributed by atoms with E-state index in [2.05, 4.69) is 0 Å².